The zero-order chi connectivity index (χ0) is 81.1. The van der Waals surface area contributed by atoms with E-state index in [2.05, 4.69) is 30.9 Å². The van der Waals surface area contributed by atoms with Crippen LogP contribution in [0.3, 0.4) is 0 Å². The third kappa shape index (κ3) is 20.5. The Morgan fingerprint density at radius 3 is 1.20 bits per heavy atom. The summed E-state index contributed by atoms with van der Waals surface area (Å²) in [5.74, 6) is -6.38. The van der Waals surface area contributed by atoms with Crippen molar-refractivity contribution < 1.29 is 91.0 Å². The first-order valence-electron chi connectivity index (χ1n) is 36.7. The number of nitrogen functional groups attached to an aromatic ring is 3. The number of para-hydroxylation sites is 3. The molecule has 6 aliphatic rings. The Bertz CT molecular complexity index is 4550. The van der Waals surface area contributed by atoms with E-state index in [1.54, 1.807) is 24.6 Å². The molecule has 0 spiro atoms. The molecule has 12 rings (SSSR count). The van der Waals surface area contributed by atoms with Crippen molar-refractivity contribution in [3.05, 3.63) is 121 Å². The van der Waals surface area contributed by atoms with Crippen molar-refractivity contribution in [2.75, 3.05) is 76.2 Å². The highest BCUT2D eigenvalue weighted by molar-refractivity contribution is 7.14. The maximum atomic E-state index is 13.6. The lowest BCUT2D eigenvalue weighted by Crippen LogP contribution is -2.60. The van der Waals surface area contributed by atoms with Gasteiger partial charge in [0.05, 0.1) is 23.8 Å². The molecule has 6 aliphatic heterocycles. The number of anilines is 3. The maximum absolute atomic E-state index is 13.6. The van der Waals surface area contributed by atoms with Gasteiger partial charge in [-0.15, -0.1) is 34.0 Å². The molecule has 602 valence electrons. The summed E-state index contributed by atoms with van der Waals surface area (Å²) in [4.78, 5) is 173. The molecular formula is C73H93B3FN15O18S3. The first-order valence-corrected chi connectivity index (χ1v) is 39.3. The van der Waals surface area contributed by atoms with Crippen LogP contribution in [0.4, 0.5) is 34.2 Å². The van der Waals surface area contributed by atoms with Crippen LogP contribution in [0.2, 0.25) is 17.5 Å². The SMILES string of the molecule is C.CCCCN1CCN(C(=O)NC(C(=O)C[C@H]2Cc3cccc(C(C)C)c3OB2O)c2csc(N)n2)C(=O)C1=O.Cc1cccc2c1OB(O)[C@@H](CC(=O)C(NC(=O)N1CCN(C(C)C)C(=O)C1=O)c1csc(N)n1)C2.Cc1cccc2c1OB(O)[C@@H](CC(=O)C(NC(=O)N1CCN(CCCF)C(=O)C1=O)c1csc(N)n1)C2. The molecule has 0 bridgehead atoms. The molecule has 9 heterocycles. The highest BCUT2D eigenvalue weighted by atomic mass is 32.1. The number of amides is 12. The quantitative estimate of drug-likeness (QED) is 0.0273. The van der Waals surface area contributed by atoms with Crippen LogP contribution < -0.4 is 47.1 Å². The number of hydrogen-bond acceptors (Lipinski definition) is 27. The van der Waals surface area contributed by atoms with Gasteiger partial charge in [-0.3, -0.25) is 62.2 Å². The van der Waals surface area contributed by atoms with Gasteiger partial charge in [0.25, 0.3) is 0 Å². The molecular weight excluding hydrogens is 1520 g/mol. The van der Waals surface area contributed by atoms with Crippen molar-refractivity contribution >= 4 is 142 Å². The number of nitrogens with zero attached hydrogens (tertiary/aromatic N) is 9. The summed E-state index contributed by atoms with van der Waals surface area (Å²) < 4.78 is 29.7. The summed E-state index contributed by atoms with van der Waals surface area (Å²) in [6, 6.07) is 10.5. The Kier molecular flexibility index (Phi) is 29.4. The van der Waals surface area contributed by atoms with Gasteiger partial charge in [-0.05, 0) is 99.1 Å². The van der Waals surface area contributed by atoms with E-state index in [-0.39, 0.29) is 123 Å². The van der Waals surface area contributed by atoms with Gasteiger partial charge in [-0.25, -0.2) is 29.3 Å². The number of carbonyl (C=O) groups excluding carboxylic acids is 12. The largest absolute Gasteiger partial charge is 0.536 e. The highest BCUT2D eigenvalue weighted by Gasteiger charge is 2.46. The van der Waals surface area contributed by atoms with Gasteiger partial charge in [0.1, 0.15) is 35.4 Å². The Morgan fingerprint density at radius 2 is 0.858 bits per heavy atom. The monoisotopic (exact) mass is 1620 g/mol. The average Bonchev–Trinajstić information content (AvgIpc) is 1.58. The molecule has 6 aromatic rings. The zero-order valence-corrected chi connectivity index (χ0v) is 65.3. The summed E-state index contributed by atoms with van der Waals surface area (Å²) >= 11 is 3.29. The molecule has 3 saturated heterocycles. The van der Waals surface area contributed by atoms with Crippen LogP contribution in [0.5, 0.6) is 17.2 Å². The normalized spacial score (nSPS) is 18.2. The molecule has 40 heteroatoms. The second-order valence-corrected chi connectivity index (χ2v) is 31.1. The lowest BCUT2D eigenvalue weighted by molar-refractivity contribution is -0.155. The minimum absolute atomic E-state index is 0. The average molecular weight is 1620 g/mol. The Balaban J connectivity index is 0.000000194. The molecule has 0 saturated carbocycles. The third-order valence-corrected chi connectivity index (χ3v) is 22.0. The van der Waals surface area contributed by atoms with Crippen LogP contribution in [0, 0.1) is 13.8 Å². The fourth-order valence-electron chi connectivity index (χ4n) is 13.9. The van der Waals surface area contributed by atoms with Gasteiger partial charge >= 0.3 is 74.9 Å². The number of Topliss-reactive ketones (excluding diaryl/α,β-unsaturated/α-hetero) is 3. The Labute approximate surface area is 665 Å². The smallest absolute Gasteiger partial charge is 0.526 e. The predicted octanol–water partition coefficient (Wildman–Crippen LogP) is 5.72. The summed E-state index contributed by atoms with van der Waals surface area (Å²) in [5, 5.41) is 44.8. The number of halogens is 1. The van der Waals surface area contributed by atoms with E-state index in [1.165, 1.54) is 20.1 Å². The lowest BCUT2D eigenvalue weighted by Gasteiger charge is -2.35. The number of nitrogens with two attached hydrogens (primary N) is 3. The minimum Gasteiger partial charge on any atom is -0.536 e. The van der Waals surface area contributed by atoms with Crippen LogP contribution in [0.25, 0.3) is 0 Å². The van der Waals surface area contributed by atoms with E-state index in [0.717, 1.165) is 94.9 Å². The number of nitrogens with one attached hydrogen (secondary N) is 3. The number of ketones is 3. The van der Waals surface area contributed by atoms with Gasteiger partial charge in [0.2, 0.25) is 0 Å². The minimum atomic E-state index is -1.26. The van der Waals surface area contributed by atoms with Crippen LogP contribution in [-0.2, 0) is 62.4 Å². The van der Waals surface area contributed by atoms with E-state index in [0.29, 0.717) is 43.1 Å². The number of carbonyl (C=O) groups is 12. The molecule has 6 atom stereocenters. The molecule has 3 aromatic carbocycles. The van der Waals surface area contributed by atoms with Crippen molar-refractivity contribution in [3.63, 3.8) is 0 Å². The number of unbranched alkanes of at least 4 members (excludes halogenated alkanes) is 1. The lowest BCUT2D eigenvalue weighted by atomic mass is 9.64. The number of hydrogen-bond donors (Lipinski definition) is 9. The number of aryl methyl sites for hydroxylation is 2. The summed E-state index contributed by atoms with van der Waals surface area (Å²) in [7, 11) is -3.65. The molecule has 113 heavy (non-hydrogen) atoms. The van der Waals surface area contributed by atoms with Crippen molar-refractivity contribution in [2.45, 2.75) is 161 Å². The highest BCUT2D eigenvalue weighted by Crippen LogP contribution is 2.42. The van der Waals surface area contributed by atoms with Crippen LogP contribution in [0.1, 0.15) is 155 Å². The molecule has 0 radical (unpaired) electrons. The number of alkyl halides is 1. The number of imide groups is 3. The molecule has 12 amide bonds. The van der Waals surface area contributed by atoms with E-state index < -0.39 is 134 Å². The number of urea groups is 3. The van der Waals surface area contributed by atoms with E-state index in [1.807, 2.05) is 89.2 Å². The number of aromatic nitrogens is 3. The summed E-state index contributed by atoms with van der Waals surface area (Å²) in [6.45, 7) is 13.7. The number of piperazine rings is 3. The maximum Gasteiger partial charge on any atom is 0.526 e. The molecule has 12 N–H and O–H groups in total. The summed E-state index contributed by atoms with van der Waals surface area (Å²) in [6.07, 6.45) is 2.54. The topological polar surface area (TPSA) is 465 Å². The molecule has 33 nitrogen and oxygen atoms in total. The van der Waals surface area contributed by atoms with Crippen molar-refractivity contribution in [1.82, 2.24) is 60.3 Å². The third-order valence-electron chi connectivity index (χ3n) is 19.9. The van der Waals surface area contributed by atoms with Crippen molar-refractivity contribution in [2.24, 2.45) is 0 Å². The standard InChI is InChI=1S/C26H34BN5O6S.C23H27BFN5O6S.C23H28BN5O6S.CH4/c1-4-5-9-31-10-11-32(24(35)23(31)34)26(36)30-21(19-14-39-25(28)29-19)20(33)13-17-12-16-7-6-8-18(15(2)3)22(16)38-27(17)37;1-13-4-2-5-14-10-15(24(35)36-19(13)14)11-17(31)18(16-12-37-22(26)27-16)28-23(34)30-9-8-29(7-3-6-25)20(32)21(30)33;1-12(2)28-7-8-29(21(32)20(28)31)23(33)27-18(16-11-36-22(25)26-16)17(30)10-15-9-14-6-4-5-13(3)19(14)35-24(15)34;/h6-8,14-15,17,21,37H,4-5,9-13H2,1-3H3,(H2,28,29)(H,30,36);2,4-5,12,15,18,35H,3,6-11H2,1H3,(H2,26,27)(H,28,34);4-6,11-12,15,18,34H,7-10H2,1-3H3,(H2,25,26)(H,27,33);1H4/t17-,21?;2*15-,18?;/m111./s1. The number of thiazole rings is 3. The van der Waals surface area contributed by atoms with Gasteiger partial charge in [-0.2, -0.15) is 0 Å². The first kappa shape index (κ1) is 86.6. The summed E-state index contributed by atoms with van der Waals surface area (Å²) in [5.41, 5.74) is 23.3. The molecule has 3 unspecified atom stereocenters. The van der Waals surface area contributed by atoms with Gasteiger partial charge in [-0.1, -0.05) is 89.2 Å². The van der Waals surface area contributed by atoms with E-state index >= 15 is 0 Å². The Morgan fingerprint density at radius 1 is 0.513 bits per heavy atom. The number of benzene rings is 3. The van der Waals surface area contributed by atoms with Gasteiger partial charge in [0.15, 0.2) is 32.7 Å². The van der Waals surface area contributed by atoms with Crippen LogP contribution in [0.15, 0.2) is 70.7 Å². The molecule has 0 aliphatic carbocycles. The van der Waals surface area contributed by atoms with E-state index in [9.17, 15) is 77.0 Å². The molecule has 3 fully saturated rings. The second kappa shape index (κ2) is 38.4. The van der Waals surface area contributed by atoms with Gasteiger partial charge < -0.3 is 76.9 Å². The Hall–Kier alpha value is -10.4. The van der Waals surface area contributed by atoms with Crippen molar-refractivity contribution in [1.29, 1.82) is 0 Å². The zero-order valence-electron chi connectivity index (χ0n) is 62.8. The second-order valence-electron chi connectivity index (χ2n) is 28.5. The fourth-order valence-corrected chi connectivity index (χ4v) is 15.6. The van der Waals surface area contributed by atoms with Crippen LogP contribution in [-0.4, -0.2) is 217 Å². The number of fused-ring (bicyclic) bond motifs is 3. The van der Waals surface area contributed by atoms with Crippen molar-refractivity contribution in [3.8, 4) is 17.2 Å². The molecule has 3 aromatic heterocycles. The fraction of sp³-hybridized carbons (Fsp3) is 0.466. The number of rotatable bonds is 23. The van der Waals surface area contributed by atoms with E-state index in [4.69, 9.17) is 31.2 Å². The first-order chi connectivity index (χ1) is 53.3. The van der Waals surface area contributed by atoms with Crippen LogP contribution >= 0.6 is 34.0 Å². The predicted molar refractivity (Wildman–Crippen MR) is 421 cm³/mol. The van der Waals surface area contributed by atoms with Gasteiger partial charge in [0, 0.05) is 111 Å².